The van der Waals surface area contributed by atoms with Crippen molar-refractivity contribution in [2.75, 3.05) is 0 Å². The summed E-state index contributed by atoms with van der Waals surface area (Å²) in [4.78, 5) is 3.02. The molecule has 1 saturated carbocycles. The summed E-state index contributed by atoms with van der Waals surface area (Å²) in [7, 11) is 0. The fourth-order valence-electron chi connectivity index (χ4n) is 2.22. The zero-order valence-electron chi connectivity index (χ0n) is 9.34. The van der Waals surface area contributed by atoms with E-state index in [4.69, 9.17) is 23.8 Å². The highest BCUT2D eigenvalue weighted by Crippen LogP contribution is 2.39. The zero-order chi connectivity index (χ0) is 12.2. The summed E-state index contributed by atoms with van der Waals surface area (Å²) in [6.07, 6.45) is 1.24. The van der Waals surface area contributed by atoms with E-state index in [-0.39, 0.29) is 5.02 Å². The van der Waals surface area contributed by atoms with E-state index in [9.17, 15) is 4.39 Å². The van der Waals surface area contributed by atoms with Gasteiger partial charge in [0.25, 0.3) is 0 Å². The van der Waals surface area contributed by atoms with Crippen LogP contribution in [0.5, 0.6) is 0 Å². The molecular formula is C12H12ClFN2S. The predicted molar refractivity (Wildman–Crippen MR) is 69.4 cm³/mol. The molecule has 90 valence electrons. The smallest absolute Gasteiger partial charge is 0.178 e. The highest BCUT2D eigenvalue weighted by atomic mass is 35.5. The van der Waals surface area contributed by atoms with Crippen molar-refractivity contribution in [3.8, 4) is 0 Å². The lowest BCUT2D eigenvalue weighted by molar-refractivity contribution is 0.600. The normalized spacial score (nSPS) is 23.2. The van der Waals surface area contributed by atoms with Gasteiger partial charge >= 0.3 is 0 Å². The van der Waals surface area contributed by atoms with E-state index in [0.29, 0.717) is 16.2 Å². The van der Waals surface area contributed by atoms with E-state index in [0.717, 1.165) is 18.0 Å². The molecule has 2 aromatic rings. The number of nitrogens with zero attached hydrogens (tertiary/aromatic N) is 1. The van der Waals surface area contributed by atoms with E-state index in [1.54, 1.807) is 6.07 Å². The van der Waals surface area contributed by atoms with Crippen LogP contribution < -0.4 is 0 Å². The van der Waals surface area contributed by atoms with Gasteiger partial charge in [0.05, 0.1) is 16.1 Å². The van der Waals surface area contributed by atoms with Crippen LogP contribution in [0.4, 0.5) is 4.39 Å². The molecule has 1 aromatic carbocycles. The second-order valence-corrected chi connectivity index (χ2v) is 5.59. The summed E-state index contributed by atoms with van der Waals surface area (Å²) in [5, 5.41) is 0.143. The Kier molecular flexibility index (Phi) is 2.52. The van der Waals surface area contributed by atoms with Crippen LogP contribution in [0.2, 0.25) is 5.02 Å². The molecule has 0 radical (unpaired) electrons. The third-order valence-corrected chi connectivity index (χ3v) is 4.12. The number of hydrogen-bond donors (Lipinski definition) is 1. The van der Waals surface area contributed by atoms with Crippen LogP contribution in [0, 0.1) is 22.4 Å². The molecule has 1 heterocycles. The number of H-pyrrole nitrogens is 1. The zero-order valence-corrected chi connectivity index (χ0v) is 10.9. The Hall–Kier alpha value is -0.870. The summed E-state index contributed by atoms with van der Waals surface area (Å²) in [6.45, 7) is 3.12. The first kappa shape index (κ1) is 11.2. The fraction of sp³-hybridized carbons (Fsp3) is 0.417. The average Bonchev–Trinajstić information content (AvgIpc) is 2.88. The van der Waals surface area contributed by atoms with Crippen LogP contribution in [-0.2, 0) is 6.54 Å². The lowest BCUT2D eigenvalue weighted by atomic mass is 10.3. The summed E-state index contributed by atoms with van der Waals surface area (Å²) >= 11 is 11.1. The Balaban J connectivity index is 2.13. The first-order valence-electron chi connectivity index (χ1n) is 5.64. The molecule has 5 heteroatoms. The van der Waals surface area contributed by atoms with Crippen LogP contribution in [0.25, 0.3) is 11.0 Å². The van der Waals surface area contributed by atoms with Crippen molar-refractivity contribution in [2.45, 2.75) is 19.9 Å². The molecule has 2 nitrogen and oxygen atoms in total. The predicted octanol–water partition coefficient (Wildman–Crippen LogP) is 4.15. The third-order valence-electron chi connectivity index (χ3n) is 3.51. The minimum atomic E-state index is -0.414. The molecule has 1 aromatic heterocycles. The Morgan fingerprint density at radius 3 is 2.94 bits per heavy atom. The van der Waals surface area contributed by atoms with Crippen molar-refractivity contribution in [3.05, 3.63) is 27.7 Å². The maximum atomic E-state index is 13.3. The van der Waals surface area contributed by atoms with Gasteiger partial charge in [0.2, 0.25) is 0 Å². The second kappa shape index (κ2) is 3.82. The highest BCUT2D eigenvalue weighted by molar-refractivity contribution is 7.71. The Bertz CT molecular complexity index is 646. The van der Waals surface area contributed by atoms with Crippen molar-refractivity contribution in [1.82, 2.24) is 9.55 Å². The number of aromatic amines is 1. The Morgan fingerprint density at radius 2 is 2.29 bits per heavy atom. The number of hydrogen-bond acceptors (Lipinski definition) is 1. The van der Waals surface area contributed by atoms with Crippen LogP contribution >= 0.6 is 23.8 Å². The maximum absolute atomic E-state index is 13.3. The second-order valence-electron chi connectivity index (χ2n) is 4.80. The van der Waals surface area contributed by atoms with E-state index in [1.807, 2.05) is 4.57 Å². The number of fused-ring (bicyclic) bond motifs is 1. The minimum absolute atomic E-state index is 0.143. The molecule has 0 amide bonds. The van der Waals surface area contributed by atoms with Crippen molar-refractivity contribution < 1.29 is 4.39 Å². The number of halogens is 2. The monoisotopic (exact) mass is 270 g/mol. The number of imidazole rings is 1. The summed E-state index contributed by atoms with van der Waals surface area (Å²) in [5.74, 6) is 1.03. The number of benzene rings is 1. The summed E-state index contributed by atoms with van der Waals surface area (Å²) in [5.41, 5.74) is 1.60. The number of aromatic nitrogens is 2. The number of nitrogens with one attached hydrogen (secondary N) is 1. The molecule has 17 heavy (non-hydrogen) atoms. The van der Waals surface area contributed by atoms with E-state index >= 15 is 0 Å². The van der Waals surface area contributed by atoms with Crippen molar-refractivity contribution in [2.24, 2.45) is 11.8 Å². The lowest BCUT2D eigenvalue weighted by Gasteiger charge is -2.03. The highest BCUT2D eigenvalue weighted by Gasteiger charge is 2.33. The molecule has 2 unspecified atom stereocenters. The van der Waals surface area contributed by atoms with Gasteiger partial charge in [-0.15, -0.1) is 0 Å². The van der Waals surface area contributed by atoms with Gasteiger partial charge in [0, 0.05) is 12.6 Å². The SMILES string of the molecule is CC1CC1Cn1c(=S)[nH]c2cc(F)c(Cl)cc21. The summed E-state index contributed by atoms with van der Waals surface area (Å²) < 4.78 is 16.0. The van der Waals surface area contributed by atoms with Gasteiger partial charge in [-0.05, 0) is 36.5 Å². The molecule has 2 atom stereocenters. The minimum Gasteiger partial charge on any atom is -0.330 e. The topological polar surface area (TPSA) is 20.7 Å². The first-order chi connectivity index (χ1) is 8.06. The van der Waals surface area contributed by atoms with Crippen LogP contribution in [0.3, 0.4) is 0 Å². The maximum Gasteiger partial charge on any atom is 0.178 e. The van der Waals surface area contributed by atoms with E-state index in [1.165, 1.54) is 12.5 Å². The molecule has 0 saturated heterocycles. The van der Waals surface area contributed by atoms with Crippen molar-refractivity contribution in [1.29, 1.82) is 0 Å². The van der Waals surface area contributed by atoms with Crippen LogP contribution in [0.15, 0.2) is 12.1 Å². The molecule has 0 aliphatic heterocycles. The van der Waals surface area contributed by atoms with E-state index < -0.39 is 5.82 Å². The van der Waals surface area contributed by atoms with Gasteiger partial charge in [0.15, 0.2) is 4.77 Å². The van der Waals surface area contributed by atoms with Crippen molar-refractivity contribution >= 4 is 34.9 Å². The van der Waals surface area contributed by atoms with Gasteiger partial charge < -0.3 is 9.55 Å². The molecule has 3 rings (SSSR count). The molecule has 0 bridgehead atoms. The van der Waals surface area contributed by atoms with Gasteiger partial charge in [-0.3, -0.25) is 0 Å². The van der Waals surface area contributed by atoms with Crippen molar-refractivity contribution in [3.63, 3.8) is 0 Å². The number of rotatable bonds is 2. The molecular weight excluding hydrogens is 259 g/mol. The van der Waals surface area contributed by atoms with E-state index in [2.05, 4.69) is 11.9 Å². The first-order valence-corrected chi connectivity index (χ1v) is 6.42. The molecule has 1 N–H and O–H groups in total. The molecule has 1 aliphatic rings. The fourth-order valence-corrected chi connectivity index (χ4v) is 2.66. The Labute approximate surface area is 108 Å². The van der Waals surface area contributed by atoms with Gasteiger partial charge in [-0.1, -0.05) is 18.5 Å². The molecule has 0 spiro atoms. The van der Waals surface area contributed by atoms with Crippen LogP contribution in [0.1, 0.15) is 13.3 Å². The summed E-state index contributed by atoms with van der Waals surface area (Å²) in [6, 6.07) is 3.05. The van der Waals surface area contributed by atoms with Gasteiger partial charge in [-0.25, -0.2) is 4.39 Å². The largest absolute Gasteiger partial charge is 0.330 e. The molecule has 1 fully saturated rings. The van der Waals surface area contributed by atoms with Crippen LogP contribution in [-0.4, -0.2) is 9.55 Å². The quantitative estimate of drug-likeness (QED) is 0.813. The van der Waals surface area contributed by atoms with Gasteiger partial charge in [-0.2, -0.15) is 0 Å². The standard InChI is InChI=1S/C12H12ClFN2S/c1-6-2-7(6)5-16-11-3-8(13)9(14)4-10(11)15-12(16)17/h3-4,6-7H,2,5H2,1H3,(H,15,17). The third kappa shape index (κ3) is 1.89. The van der Waals surface area contributed by atoms with Gasteiger partial charge in [0.1, 0.15) is 5.82 Å². The molecule has 1 aliphatic carbocycles. The lowest BCUT2D eigenvalue weighted by Crippen LogP contribution is -2.00. The Morgan fingerprint density at radius 1 is 1.59 bits per heavy atom. The average molecular weight is 271 g/mol.